The maximum absolute atomic E-state index is 12.9. The number of ether oxygens (including phenoxy) is 1. The van der Waals surface area contributed by atoms with Gasteiger partial charge in [0.1, 0.15) is 18.1 Å². The molecule has 29 heavy (non-hydrogen) atoms. The number of phenolic OH excluding ortho intramolecular Hbond substituents is 1. The summed E-state index contributed by atoms with van der Waals surface area (Å²) in [6, 6.07) is 12.1. The first-order valence-electron chi connectivity index (χ1n) is 9.80. The molecule has 2 aromatic rings. The van der Waals surface area contributed by atoms with Crippen LogP contribution in [0.5, 0.6) is 11.5 Å². The molecule has 2 N–H and O–H groups in total. The Morgan fingerprint density at radius 2 is 1.86 bits per heavy atom. The molecule has 2 aliphatic heterocycles. The number of benzene rings is 2. The zero-order valence-electron chi connectivity index (χ0n) is 15.9. The number of nitrogens with zero attached hydrogens (tertiary/aromatic N) is 1. The van der Waals surface area contributed by atoms with Crippen molar-refractivity contribution in [3.63, 3.8) is 0 Å². The molecule has 0 bridgehead atoms. The number of rotatable bonds is 3. The third-order valence-electron chi connectivity index (χ3n) is 5.62. The van der Waals surface area contributed by atoms with Gasteiger partial charge in [0.15, 0.2) is 0 Å². The first-order valence-corrected chi connectivity index (χ1v) is 10.2. The van der Waals surface area contributed by atoms with Crippen molar-refractivity contribution < 1.29 is 19.4 Å². The highest BCUT2D eigenvalue weighted by atomic mass is 35.5. The fraction of sp³-hybridized carbons (Fsp3) is 0.364. The molecule has 1 saturated heterocycles. The van der Waals surface area contributed by atoms with Gasteiger partial charge in [0.25, 0.3) is 0 Å². The topological polar surface area (TPSA) is 78.9 Å². The third kappa shape index (κ3) is 4.32. The minimum atomic E-state index is -0.229. The number of carbonyl (C=O) groups excluding carboxylic acids is 2. The normalized spacial score (nSPS) is 19.2. The Hall–Kier alpha value is -2.73. The second-order valence-corrected chi connectivity index (χ2v) is 8.01. The van der Waals surface area contributed by atoms with Crippen LogP contribution in [-0.2, 0) is 16.0 Å². The van der Waals surface area contributed by atoms with Crippen molar-refractivity contribution >= 4 is 29.1 Å². The number of anilines is 1. The zero-order valence-corrected chi connectivity index (χ0v) is 16.7. The lowest BCUT2D eigenvalue weighted by Crippen LogP contribution is -2.46. The number of nitrogens with one attached hydrogen (secondary N) is 1. The molecule has 0 saturated carbocycles. The first-order chi connectivity index (χ1) is 14.0. The molecule has 0 aromatic heterocycles. The monoisotopic (exact) mass is 414 g/mol. The van der Waals surface area contributed by atoms with Crippen molar-refractivity contribution in [2.45, 2.75) is 19.3 Å². The fourth-order valence-electron chi connectivity index (χ4n) is 3.96. The van der Waals surface area contributed by atoms with Crippen molar-refractivity contribution in [3.8, 4) is 11.5 Å². The van der Waals surface area contributed by atoms with Gasteiger partial charge in [0, 0.05) is 24.0 Å². The average Bonchev–Trinajstić information content (AvgIpc) is 2.74. The summed E-state index contributed by atoms with van der Waals surface area (Å²) in [6.45, 7) is 1.44. The van der Waals surface area contributed by atoms with E-state index in [9.17, 15) is 14.7 Å². The number of likely N-dealkylation sites (tertiary alicyclic amines) is 1. The number of para-hydroxylation sites is 2. The van der Waals surface area contributed by atoms with E-state index in [-0.39, 0.29) is 29.4 Å². The van der Waals surface area contributed by atoms with Gasteiger partial charge in [-0.25, -0.2) is 0 Å². The average molecular weight is 415 g/mol. The maximum Gasteiger partial charge on any atom is 0.229 e. The number of phenols is 1. The van der Waals surface area contributed by atoms with Crippen LogP contribution in [0.4, 0.5) is 5.69 Å². The second-order valence-electron chi connectivity index (χ2n) is 7.57. The summed E-state index contributed by atoms with van der Waals surface area (Å²) in [6.07, 6.45) is 1.81. The van der Waals surface area contributed by atoms with Gasteiger partial charge in [-0.1, -0.05) is 23.7 Å². The van der Waals surface area contributed by atoms with E-state index in [0.717, 1.165) is 11.3 Å². The highest BCUT2D eigenvalue weighted by molar-refractivity contribution is 6.30. The third-order valence-corrected chi connectivity index (χ3v) is 5.85. The summed E-state index contributed by atoms with van der Waals surface area (Å²) < 4.78 is 5.75. The summed E-state index contributed by atoms with van der Waals surface area (Å²) >= 11 is 6.06. The van der Waals surface area contributed by atoms with Gasteiger partial charge in [-0.15, -0.1) is 0 Å². The van der Waals surface area contributed by atoms with E-state index in [1.54, 1.807) is 24.3 Å². The molecule has 7 heteroatoms. The molecule has 2 amide bonds. The highest BCUT2D eigenvalue weighted by Gasteiger charge is 2.33. The molecular formula is C22H23ClN2O4. The van der Waals surface area contributed by atoms with E-state index in [1.165, 1.54) is 6.07 Å². The fourth-order valence-corrected chi connectivity index (χ4v) is 4.15. The quantitative estimate of drug-likeness (QED) is 0.754. The lowest BCUT2D eigenvalue weighted by atomic mass is 9.92. The van der Waals surface area contributed by atoms with Gasteiger partial charge in [0.2, 0.25) is 11.8 Å². The molecule has 2 aromatic carbocycles. The number of fused-ring (bicyclic) bond motifs is 1. The van der Waals surface area contributed by atoms with Crippen molar-refractivity contribution in [2.24, 2.45) is 11.8 Å². The van der Waals surface area contributed by atoms with Crippen molar-refractivity contribution in [1.29, 1.82) is 0 Å². The lowest BCUT2D eigenvalue weighted by molar-refractivity contribution is -0.139. The molecule has 1 fully saturated rings. The van der Waals surface area contributed by atoms with Crippen molar-refractivity contribution in [2.75, 3.05) is 25.0 Å². The summed E-state index contributed by atoms with van der Waals surface area (Å²) in [4.78, 5) is 27.3. The van der Waals surface area contributed by atoms with Crippen LogP contribution < -0.4 is 10.1 Å². The van der Waals surface area contributed by atoms with E-state index in [0.29, 0.717) is 49.7 Å². The molecule has 0 spiro atoms. The zero-order chi connectivity index (χ0) is 20.4. The summed E-state index contributed by atoms with van der Waals surface area (Å²) in [5, 5.41) is 13.2. The number of hydrogen-bond acceptors (Lipinski definition) is 4. The van der Waals surface area contributed by atoms with E-state index in [1.807, 2.05) is 17.0 Å². The second kappa shape index (κ2) is 8.33. The van der Waals surface area contributed by atoms with E-state index in [2.05, 4.69) is 5.32 Å². The minimum absolute atomic E-state index is 0.0474. The summed E-state index contributed by atoms with van der Waals surface area (Å²) in [5.74, 6) is 0.371. The highest BCUT2D eigenvalue weighted by Crippen LogP contribution is 2.31. The molecule has 152 valence electrons. The molecule has 4 rings (SSSR count). The van der Waals surface area contributed by atoms with Crippen LogP contribution in [0, 0.1) is 11.8 Å². The molecule has 0 aliphatic carbocycles. The van der Waals surface area contributed by atoms with Gasteiger partial charge in [0.05, 0.1) is 11.6 Å². The van der Waals surface area contributed by atoms with Crippen LogP contribution in [0.1, 0.15) is 18.4 Å². The molecule has 0 unspecified atom stereocenters. The number of aromatic hydroxyl groups is 1. The van der Waals surface area contributed by atoms with Gasteiger partial charge in [-0.05, 0) is 55.2 Å². The van der Waals surface area contributed by atoms with Crippen molar-refractivity contribution in [1.82, 2.24) is 4.90 Å². The molecular weight excluding hydrogens is 392 g/mol. The Bertz CT molecular complexity index is 925. The number of piperidine rings is 1. The van der Waals surface area contributed by atoms with Crippen LogP contribution in [-0.4, -0.2) is 41.5 Å². The Labute approximate surface area is 174 Å². The number of halogens is 1. The minimum Gasteiger partial charge on any atom is -0.506 e. The van der Waals surface area contributed by atoms with Crippen LogP contribution in [0.25, 0.3) is 0 Å². The van der Waals surface area contributed by atoms with Gasteiger partial charge in [-0.2, -0.15) is 0 Å². The van der Waals surface area contributed by atoms with Gasteiger partial charge < -0.3 is 20.1 Å². The summed E-state index contributed by atoms with van der Waals surface area (Å²) in [7, 11) is 0. The molecule has 6 nitrogen and oxygen atoms in total. The molecule has 1 atom stereocenters. The van der Waals surface area contributed by atoms with E-state index in [4.69, 9.17) is 16.3 Å². The predicted octanol–water partition coefficient (Wildman–Crippen LogP) is 3.47. The van der Waals surface area contributed by atoms with Crippen molar-refractivity contribution in [3.05, 3.63) is 53.1 Å². The largest absolute Gasteiger partial charge is 0.506 e. The van der Waals surface area contributed by atoms with Crippen LogP contribution >= 0.6 is 11.6 Å². The molecule has 2 heterocycles. The summed E-state index contributed by atoms with van der Waals surface area (Å²) in [5.41, 5.74) is 1.37. The predicted molar refractivity (Wildman–Crippen MR) is 110 cm³/mol. The van der Waals surface area contributed by atoms with Crippen LogP contribution in [0.2, 0.25) is 5.02 Å². The molecule has 2 aliphatic rings. The SMILES string of the molecule is O=C(Nc1ccccc1O)C1CCN(C(=O)[C@H]2COc3ccc(Cl)cc3C2)CC1. The lowest BCUT2D eigenvalue weighted by Gasteiger charge is -2.35. The number of carbonyl (C=O) groups is 2. The Balaban J connectivity index is 1.32. The first kappa shape index (κ1) is 19.6. The maximum atomic E-state index is 12.9. The Morgan fingerprint density at radius 3 is 2.62 bits per heavy atom. The smallest absolute Gasteiger partial charge is 0.229 e. The van der Waals surface area contributed by atoms with Gasteiger partial charge in [-0.3, -0.25) is 9.59 Å². The number of hydrogen-bond donors (Lipinski definition) is 2. The number of amides is 2. The Kier molecular flexibility index (Phi) is 5.62. The Morgan fingerprint density at radius 1 is 1.10 bits per heavy atom. The van der Waals surface area contributed by atoms with Gasteiger partial charge >= 0.3 is 0 Å². The van der Waals surface area contributed by atoms with Crippen LogP contribution in [0.3, 0.4) is 0 Å². The molecule has 0 radical (unpaired) electrons. The van der Waals surface area contributed by atoms with E-state index >= 15 is 0 Å². The van der Waals surface area contributed by atoms with E-state index < -0.39 is 0 Å². The van der Waals surface area contributed by atoms with Crippen LogP contribution in [0.15, 0.2) is 42.5 Å². The standard InChI is InChI=1S/C22H23ClN2O4/c23-17-5-6-20-15(12-17)11-16(13-29-20)22(28)25-9-7-14(8-10-25)21(27)24-18-3-1-2-4-19(18)26/h1-6,12,14,16,26H,7-11,13H2,(H,24,27)/t16-/m1/s1.